The molecule has 0 aliphatic carbocycles. The number of primary amides is 1. The fourth-order valence-corrected chi connectivity index (χ4v) is 4.50. The number of carbonyl (C=O) groups excluding carboxylic acids is 2. The van der Waals surface area contributed by atoms with Gasteiger partial charge in [0.25, 0.3) is 5.91 Å². The molecule has 1 aromatic carbocycles. The largest absolute Gasteiger partial charge is 0.453 e. The second kappa shape index (κ2) is 10.8. The summed E-state index contributed by atoms with van der Waals surface area (Å²) in [6.07, 6.45) is 3.43. The van der Waals surface area contributed by atoms with Gasteiger partial charge >= 0.3 is 6.09 Å². The Kier molecular flexibility index (Phi) is 7.60. The summed E-state index contributed by atoms with van der Waals surface area (Å²) in [4.78, 5) is 27.3. The number of rotatable bonds is 9. The maximum atomic E-state index is 16.0. The van der Waals surface area contributed by atoms with Gasteiger partial charge in [0.2, 0.25) is 0 Å². The summed E-state index contributed by atoms with van der Waals surface area (Å²) in [5, 5.41) is 18.1. The highest BCUT2D eigenvalue weighted by molar-refractivity contribution is 6.00. The van der Waals surface area contributed by atoms with Crippen LogP contribution in [0, 0.1) is 0 Å². The molecule has 2 unspecified atom stereocenters. The van der Waals surface area contributed by atoms with Crippen molar-refractivity contribution in [3.63, 3.8) is 0 Å². The Balaban J connectivity index is 1.53. The Bertz CT molecular complexity index is 1180. The zero-order valence-electron chi connectivity index (χ0n) is 20.2. The van der Waals surface area contributed by atoms with Crippen LogP contribution in [0.2, 0.25) is 0 Å². The van der Waals surface area contributed by atoms with E-state index >= 15 is 4.39 Å². The number of nitrogens with two attached hydrogens (primary N) is 1. The summed E-state index contributed by atoms with van der Waals surface area (Å²) >= 11 is 0. The Morgan fingerprint density at radius 2 is 1.97 bits per heavy atom. The number of hydrogen-bond acceptors (Lipinski definition) is 8. The van der Waals surface area contributed by atoms with Gasteiger partial charge in [-0.3, -0.25) is 19.7 Å². The normalized spacial score (nSPS) is 20.2. The van der Waals surface area contributed by atoms with Crippen LogP contribution < -0.4 is 16.4 Å². The van der Waals surface area contributed by atoms with Gasteiger partial charge in [0.05, 0.1) is 30.7 Å². The first kappa shape index (κ1) is 25.3. The minimum atomic E-state index is -1.29. The monoisotopic (exact) mass is 499 g/mol. The van der Waals surface area contributed by atoms with Crippen LogP contribution in [0.1, 0.15) is 28.8 Å². The first-order valence-electron chi connectivity index (χ1n) is 11.6. The Labute approximate surface area is 207 Å². The number of aromatic nitrogens is 5. The Hall–Kier alpha value is -3.84. The lowest BCUT2D eigenvalue weighted by atomic mass is 9.82. The van der Waals surface area contributed by atoms with Crippen molar-refractivity contribution in [2.24, 2.45) is 5.73 Å². The molecule has 2 amide bonds. The van der Waals surface area contributed by atoms with Gasteiger partial charge in [0, 0.05) is 25.8 Å². The summed E-state index contributed by atoms with van der Waals surface area (Å²) < 4.78 is 22.1. The Morgan fingerprint density at radius 3 is 2.58 bits per heavy atom. The lowest BCUT2D eigenvalue weighted by Gasteiger charge is -2.44. The zero-order chi connectivity index (χ0) is 25.7. The minimum Gasteiger partial charge on any atom is -0.453 e. The van der Waals surface area contributed by atoms with Gasteiger partial charge in [-0.05, 0) is 44.1 Å². The molecule has 192 valence electrons. The van der Waals surface area contributed by atoms with Gasteiger partial charge in [-0.2, -0.15) is 20.1 Å². The maximum Gasteiger partial charge on any atom is 0.412 e. The van der Waals surface area contributed by atoms with Crippen molar-refractivity contribution in [1.82, 2.24) is 35.0 Å². The second-order valence-electron chi connectivity index (χ2n) is 8.71. The van der Waals surface area contributed by atoms with Gasteiger partial charge in [-0.25, -0.2) is 9.18 Å². The van der Waals surface area contributed by atoms with E-state index < -0.39 is 23.7 Å². The SMILES string of the molecule is CNCCC1(n2cc(C(N)=O)c(NC(=O)OC)n2)CCN(Cc2ccc(-n3nccn3)cc2)CC1F. The van der Waals surface area contributed by atoms with E-state index in [1.165, 1.54) is 22.8 Å². The highest BCUT2D eigenvalue weighted by atomic mass is 19.1. The van der Waals surface area contributed by atoms with Crippen LogP contribution in [0.4, 0.5) is 15.0 Å². The number of alkyl halides is 1. The molecular weight excluding hydrogens is 469 g/mol. The van der Waals surface area contributed by atoms with E-state index in [9.17, 15) is 9.59 Å². The van der Waals surface area contributed by atoms with Crippen molar-refractivity contribution in [2.45, 2.75) is 31.1 Å². The molecule has 1 aliphatic rings. The second-order valence-corrected chi connectivity index (χ2v) is 8.71. The van der Waals surface area contributed by atoms with E-state index in [1.54, 1.807) is 19.4 Å². The van der Waals surface area contributed by atoms with Crippen LogP contribution in [0.5, 0.6) is 0 Å². The van der Waals surface area contributed by atoms with Crippen molar-refractivity contribution in [3.8, 4) is 5.69 Å². The summed E-state index contributed by atoms with van der Waals surface area (Å²) in [7, 11) is 2.99. The summed E-state index contributed by atoms with van der Waals surface area (Å²) in [6, 6.07) is 7.81. The van der Waals surface area contributed by atoms with Crippen LogP contribution in [-0.4, -0.2) is 81.6 Å². The molecule has 1 fully saturated rings. The van der Waals surface area contributed by atoms with E-state index in [4.69, 9.17) is 5.73 Å². The molecule has 1 aliphatic heterocycles. The molecule has 0 saturated carbocycles. The van der Waals surface area contributed by atoms with Crippen molar-refractivity contribution >= 4 is 17.8 Å². The number of nitrogens with one attached hydrogen (secondary N) is 2. The average molecular weight is 500 g/mol. The summed E-state index contributed by atoms with van der Waals surface area (Å²) in [5.74, 6) is -0.836. The molecular formula is C23H30FN9O3. The molecule has 3 heterocycles. The maximum absolute atomic E-state index is 16.0. The molecule has 13 heteroatoms. The van der Waals surface area contributed by atoms with Gasteiger partial charge in [0.15, 0.2) is 5.82 Å². The first-order valence-corrected chi connectivity index (χ1v) is 11.6. The van der Waals surface area contributed by atoms with E-state index in [0.29, 0.717) is 32.5 Å². The summed E-state index contributed by atoms with van der Waals surface area (Å²) in [6.45, 7) is 1.90. The van der Waals surface area contributed by atoms with E-state index in [2.05, 4.69) is 35.6 Å². The molecule has 3 aromatic rings. The topological polar surface area (TPSA) is 145 Å². The first-order chi connectivity index (χ1) is 17.4. The summed E-state index contributed by atoms with van der Waals surface area (Å²) in [5.41, 5.74) is 6.35. The number of nitrogens with zero attached hydrogens (tertiary/aromatic N) is 6. The standard InChI is InChI=1S/C23H30FN9O3/c1-26-9-7-23(32-14-18(20(25)34)21(30-32)29-22(35)36-2)8-12-31(15-19(23)24)13-16-3-5-17(6-4-16)33-27-10-11-28-33/h3-6,10-11,14,19,26H,7-9,12-13,15H2,1-2H3,(H2,25,34)(H,29,30,35). The number of methoxy groups -OCH3 is 1. The predicted octanol–water partition coefficient (Wildman–Crippen LogP) is 1.29. The zero-order valence-corrected chi connectivity index (χ0v) is 20.2. The number of benzene rings is 1. The van der Waals surface area contributed by atoms with Gasteiger partial charge in [-0.1, -0.05) is 12.1 Å². The highest BCUT2D eigenvalue weighted by Gasteiger charge is 2.46. The third-order valence-corrected chi connectivity index (χ3v) is 6.50. The lowest BCUT2D eigenvalue weighted by molar-refractivity contribution is -0.000957. The highest BCUT2D eigenvalue weighted by Crippen LogP contribution is 2.37. The smallest absolute Gasteiger partial charge is 0.412 e. The van der Waals surface area contributed by atoms with E-state index in [0.717, 1.165) is 11.3 Å². The van der Waals surface area contributed by atoms with E-state index in [1.807, 2.05) is 24.3 Å². The molecule has 4 N–H and O–H groups in total. The number of anilines is 1. The molecule has 2 atom stereocenters. The molecule has 0 bridgehead atoms. The fraction of sp³-hybridized carbons (Fsp3) is 0.435. The Morgan fingerprint density at radius 1 is 1.25 bits per heavy atom. The van der Waals surface area contributed by atoms with Gasteiger partial charge in [-0.15, -0.1) is 0 Å². The fourth-order valence-electron chi connectivity index (χ4n) is 4.50. The molecule has 0 radical (unpaired) electrons. The molecule has 0 spiro atoms. The van der Waals surface area contributed by atoms with E-state index in [-0.39, 0.29) is 17.9 Å². The van der Waals surface area contributed by atoms with Gasteiger partial charge < -0.3 is 15.8 Å². The van der Waals surface area contributed by atoms with Gasteiger partial charge in [0.1, 0.15) is 11.7 Å². The number of halogens is 1. The number of piperidine rings is 1. The van der Waals surface area contributed by atoms with Crippen molar-refractivity contribution < 1.29 is 18.7 Å². The number of carbonyl (C=O) groups is 2. The van der Waals surface area contributed by atoms with Crippen molar-refractivity contribution in [3.05, 3.63) is 54.0 Å². The van der Waals surface area contributed by atoms with Crippen molar-refractivity contribution in [1.29, 1.82) is 0 Å². The molecule has 12 nitrogen and oxygen atoms in total. The minimum absolute atomic E-state index is 0.00868. The average Bonchev–Trinajstić information content (AvgIpc) is 3.55. The lowest BCUT2D eigenvalue weighted by Crippen LogP contribution is -2.55. The van der Waals surface area contributed by atoms with Crippen LogP contribution in [-0.2, 0) is 16.8 Å². The predicted molar refractivity (Wildman–Crippen MR) is 129 cm³/mol. The third kappa shape index (κ3) is 5.21. The number of amides is 2. The van der Waals surface area contributed by atoms with Crippen molar-refractivity contribution in [2.75, 3.05) is 39.1 Å². The third-order valence-electron chi connectivity index (χ3n) is 6.50. The number of ether oxygens (including phenoxy) is 1. The van der Waals surface area contributed by atoms with Crippen LogP contribution in [0.25, 0.3) is 5.69 Å². The van der Waals surface area contributed by atoms with Crippen LogP contribution in [0.15, 0.2) is 42.9 Å². The molecule has 1 saturated heterocycles. The molecule has 36 heavy (non-hydrogen) atoms. The number of likely N-dealkylation sites (tertiary alicyclic amines) is 1. The molecule has 2 aromatic heterocycles. The quantitative estimate of drug-likeness (QED) is 0.399. The number of hydrogen-bond donors (Lipinski definition) is 3. The molecule has 4 rings (SSSR count). The van der Waals surface area contributed by atoms with Crippen LogP contribution in [0.3, 0.4) is 0 Å². The van der Waals surface area contributed by atoms with Crippen LogP contribution >= 0.6 is 0 Å².